The second-order valence-corrected chi connectivity index (χ2v) is 6.68. The van der Waals surface area contributed by atoms with Crippen LogP contribution in [0.3, 0.4) is 0 Å². The van der Waals surface area contributed by atoms with E-state index in [2.05, 4.69) is 16.0 Å². The van der Waals surface area contributed by atoms with Gasteiger partial charge in [-0.25, -0.2) is 4.79 Å². The number of carboxylic acid groups (broad SMARTS) is 1. The maximum Gasteiger partial charge on any atom is 0.326 e. The third-order valence-corrected chi connectivity index (χ3v) is 4.71. The number of aliphatic hydroxyl groups excluding tert-OH is 1. The molecule has 2 saturated heterocycles. The van der Waals surface area contributed by atoms with Crippen LogP contribution >= 0.6 is 0 Å². The third-order valence-electron chi connectivity index (χ3n) is 4.71. The van der Waals surface area contributed by atoms with Gasteiger partial charge in [0, 0.05) is 6.54 Å². The number of amides is 3. The summed E-state index contributed by atoms with van der Waals surface area (Å²) in [6.07, 6.45) is 1.35. The lowest BCUT2D eigenvalue weighted by molar-refractivity contribution is -0.148. The van der Waals surface area contributed by atoms with E-state index in [9.17, 15) is 24.3 Å². The molecule has 2 rings (SSSR count). The van der Waals surface area contributed by atoms with Gasteiger partial charge >= 0.3 is 5.97 Å². The first-order valence-electron chi connectivity index (χ1n) is 8.83. The van der Waals surface area contributed by atoms with Gasteiger partial charge in [-0.2, -0.15) is 0 Å². The molecule has 0 aliphatic carbocycles. The molecule has 4 unspecified atom stereocenters. The van der Waals surface area contributed by atoms with Crippen molar-refractivity contribution in [3.63, 3.8) is 0 Å². The number of carbonyl (C=O) groups is 4. The Morgan fingerprint density at radius 1 is 1.23 bits per heavy atom. The minimum atomic E-state index is -1.19. The lowest BCUT2D eigenvalue weighted by Crippen LogP contribution is -2.57. The van der Waals surface area contributed by atoms with Crippen LogP contribution in [-0.2, 0) is 19.2 Å². The molecule has 2 heterocycles. The van der Waals surface area contributed by atoms with Gasteiger partial charge in [0.05, 0.1) is 18.7 Å². The first kappa shape index (κ1) is 20.1. The summed E-state index contributed by atoms with van der Waals surface area (Å²) in [7, 11) is 0. The summed E-state index contributed by atoms with van der Waals surface area (Å²) in [5.74, 6) is -2.64. The molecular weight excluding hydrogens is 344 g/mol. The van der Waals surface area contributed by atoms with Gasteiger partial charge in [0.25, 0.3) is 0 Å². The number of nitrogens with zero attached hydrogens (tertiary/aromatic N) is 1. The summed E-state index contributed by atoms with van der Waals surface area (Å²) >= 11 is 0. The molecule has 0 aromatic rings. The van der Waals surface area contributed by atoms with Gasteiger partial charge in [-0.05, 0) is 39.2 Å². The smallest absolute Gasteiger partial charge is 0.326 e. The van der Waals surface area contributed by atoms with Crippen molar-refractivity contribution in [1.29, 1.82) is 0 Å². The van der Waals surface area contributed by atoms with E-state index >= 15 is 0 Å². The van der Waals surface area contributed by atoms with Crippen molar-refractivity contribution >= 4 is 23.7 Å². The molecule has 2 fully saturated rings. The third kappa shape index (κ3) is 4.92. The standard InChI is InChI=1S/C16H26N4O6/c1-9(21)13(19-14(23)10-4-2-6-17-10)15(24)18-8-12(22)20-7-3-5-11(20)16(25)26/h9-11,13,17,21H,2-8H2,1H3,(H,18,24)(H,19,23)(H,25,26). The van der Waals surface area contributed by atoms with Crippen LogP contribution in [0.1, 0.15) is 32.6 Å². The highest BCUT2D eigenvalue weighted by atomic mass is 16.4. The van der Waals surface area contributed by atoms with Gasteiger partial charge in [-0.3, -0.25) is 14.4 Å². The molecule has 0 aromatic carbocycles. The first-order chi connectivity index (χ1) is 12.3. The lowest BCUT2D eigenvalue weighted by atomic mass is 10.1. The second kappa shape index (κ2) is 8.95. The Labute approximate surface area is 151 Å². The first-order valence-corrected chi connectivity index (χ1v) is 8.83. The van der Waals surface area contributed by atoms with Gasteiger partial charge in [0.2, 0.25) is 17.7 Å². The van der Waals surface area contributed by atoms with Gasteiger partial charge < -0.3 is 31.1 Å². The minimum absolute atomic E-state index is 0.329. The van der Waals surface area contributed by atoms with E-state index in [1.807, 2.05) is 0 Å². The van der Waals surface area contributed by atoms with E-state index in [1.54, 1.807) is 0 Å². The SMILES string of the molecule is CC(O)C(NC(=O)C1CCCN1)C(=O)NCC(=O)N1CCCC1C(=O)O. The van der Waals surface area contributed by atoms with E-state index in [4.69, 9.17) is 5.11 Å². The van der Waals surface area contributed by atoms with Crippen molar-refractivity contribution < 1.29 is 29.4 Å². The van der Waals surface area contributed by atoms with Crippen molar-refractivity contribution in [3.8, 4) is 0 Å². The van der Waals surface area contributed by atoms with Crippen LogP contribution in [0.25, 0.3) is 0 Å². The Morgan fingerprint density at radius 2 is 1.96 bits per heavy atom. The van der Waals surface area contributed by atoms with Crippen molar-refractivity contribution in [3.05, 3.63) is 0 Å². The molecule has 3 amide bonds. The highest BCUT2D eigenvalue weighted by molar-refractivity contribution is 5.93. The lowest BCUT2D eigenvalue weighted by Gasteiger charge is -2.24. The molecule has 0 bridgehead atoms. The van der Waals surface area contributed by atoms with E-state index in [-0.39, 0.29) is 12.5 Å². The molecule has 4 atom stereocenters. The average Bonchev–Trinajstić information content (AvgIpc) is 3.27. The quantitative estimate of drug-likeness (QED) is 0.341. The Morgan fingerprint density at radius 3 is 2.54 bits per heavy atom. The Hall–Kier alpha value is -2.20. The summed E-state index contributed by atoms with van der Waals surface area (Å²) in [6.45, 7) is 2.03. The topological polar surface area (TPSA) is 148 Å². The number of carbonyl (C=O) groups excluding carboxylic acids is 3. The van der Waals surface area contributed by atoms with E-state index in [0.29, 0.717) is 25.8 Å². The Kier molecular flexibility index (Phi) is 6.92. The fourth-order valence-corrected chi connectivity index (χ4v) is 3.26. The van der Waals surface area contributed by atoms with Crippen LogP contribution in [0.2, 0.25) is 0 Å². The summed E-state index contributed by atoms with van der Waals surface area (Å²) in [4.78, 5) is 48.9. The number of nitrogens with one attached hydrogen (secondary N) is 3. The molecule has 26 heavy (non-hydrogen) atoms. The molecular formula is C16H26N4O6. The summed E-state index contributed by atoms with van der Waals surface area (Å²) < 4.78 is 0. The molecule has 0 saturated carbocycles. The molecule has 10 nitrogen and oxygen atoms in total. The van der Waals surface area contributed by atoms with E-state index in [1.165, 1.54) is 11.8 Å². The zero-order chi connectivity index (χ0) is 19.3. The van der Waals surface area contributed by atoms with Crippen LogP contribution in [-0.4, -0.2) is 82.7 Å². The summed E-state index contributed by atoms with van der Waals surface area (Å²) in [5, 5.41) is 26.8. The van der Waals surface area contributed by atoms with Gasteiger partial charge in [0.15, 0.2) is 0 Å². The summed E-state index contributed by atoms with van der Waals surface area (Å²) in [6, 6.07) is -2.46. The second-order valence-electron chi connectivity index (χ2n) is 6.68. The Bertz CT molecular complexity index is 561. The number of carboxylic acids is 1. The monoisotopic (exact) mass is 370 g/mol. The number of aliphatic hydroxyl groups is 1. The molecule has 146 valence electrons. The van der Waals surface area contributed by atoms with Crippen molar-refractivity contribution in [1.82, 2.24) is 20.9 Å². The van der Waals surface area contributed by atoms with Crippen LogP contribution in [0.15, 0.2) is 0 Å². The molecule has 2 aliphatic rings. The predicted molar refractivity (Wildman–Crippen MR) is 90.0 cm³/mol. The highest BCUT2D eigenvalue weighted by Crippen LogP contribution is 2.17. The number of rotatable bonds is 7. The van der Waals surface area contributed by atoms with Crippen LogP contribution < -0.4 is 16.0 Å². The number of likely N-dealkylation sites (tertiary alicyclic amines) is 1. The van der Waals surface area contributed by atoms with E-state index < -0.39 is 42.0 Å². The van der Waals surface area contributed by atoms with Gasteiger partial charge in [0.1, 0.15) is 12.1 Å². The molecule has 0 radical (unpaired) electrons. The van der Waals surface area contributed by atoms with Crippen LogP contribution in [0.4, 0.5) is 0 Å². The summed E-state index contributed by atoms with van der Waals surface area (Å²) in [5.41, 5.74) is 0. The molecule has 0 aromatic heterocycles. The van der Waals surface area contributed by atoms with Crippen LogP contribution in [0, 0.1) is 0 Å². The largest absolute Gasteiger partial charge is 0.480 e. The van der Waals surface area contributed by atoms with Gasteiger partial charge in [-0.1, -0.05) is 0 Å². The number of aliphatic carboxylic acids is 1. The molecule has 0 spiro atoms. The highest BCUT2D eigenvalue weighted by Gasteiger charge is 2.35. The zero-order valence-corrected chi connectivity index (χ0v) is 14.7. The van der Waals surface area contributed by atoms with Crippen molar-refractivity contribution in [2.75, 3.05) is 19.6 Å². The Balaban J connectivity index is 1.87. The zero-order valence-electron chi connectivity index (χ0n) is 14.7. The fraction of sp³-hybridized carbons (Fsp3) is 0.750. The van der Waals surface area contributed by atoms with Gasteiger partial charge in [-0.15, -0.1) is 0 Å². The normalized spacial score (nSPS) is 24.8. The fourth-order valence-electron chi connectivity index (χ4n) is 3.26. The van der Waals surface area contributed by atoms with Crippen molar-refractivity contribution in [2.45, 2.75) is 56.8 Å². The van der Waals surface area contributed by atoms with E-state index in [0.717, 1.165) is 13.0 Å². The number of hydrogen-bond acceptors (Lipinski definition) is 6. The molecule has 5 N–H and O–H groups in total. The predicted octanol–water partition coefficient (Wildman–Crippen LogP) is -2.20. The molecule has 10 heteroatoms. The average molecular weight is 370 g/mol. The maximum absolute atomic E-state index is 12.3. The minimum Gasteiger partial charge on any atom is -0.480 e. The number of hydrogen-bond donors (Lipinski definition) is 5. The van der Waals surface area contributed by atoms with Crippen LogP contribution in [0.5, 0.6) is 0 Å². The molecule has 2 aliphatic heterocycles. The van der Waals surface area contributed by atoms with Crippen molar-refractivity contribution in [2.24, 2.45) is 0 Å². The maximum atomic E-state index is 12.3.